The summed E-state index contributed by atoms with van der Waals surface area (Å²) in [5.74, 6) is -2.76. The maximum absolute atomic E-state index is 12.1. The SMILES string of the molecule is CC1(C)O[C@@H]2[C@@H](CO[C@]3(N[C@@H](CCCNC(=O)OCc4ccccc4)C(=O)O)COC(C)(C)O[C@@H]23)O1. The molecule has 0 saturated carbocycles. The average Bonchev–Trinajstić information content (AvgIpc) is 3.15. The van der Waals surface area contributed by atoms with E-state index < -0.39 is 47.6 Å². The Morgan fingerprint density at radius 2 is 1.83 bits per heavy atom. The quantitative estimate of drug-likeness (QED) is 0.426. The third kappa shape index (κ3) is 6.34. The van der Waals surface area contributed by atoms with Crippen LogP contribution in [0.2, 0.25) is 0 Å². The number of amides is 1. The lowest BCUT2D eigenvalue weighted by Crippen LogP contribution is -2.75. The maximum Gasteiger partial charge on any atom is 0.407 e. The number of nitrogens with one attached hydrogen (secondary N) is 2. The lowest BCUT2D eigenvalue weighted by atomic mass is 9.91. The van der Waals surface area contributed by atoms with Crippen LogP contribution in [-0.2, 0) is 39.8 Å². The van der Waals surface area contributed by atoms with Crippen LogP contribution in [0.1, 0.15) is 46.1 Å². The zero-order chi connectivity index (χ0) is 26.0. The number of carboxylic acid groups (broad SMARTS) is 1. The summed E-state index contributed by atoms with van der Waals surface area (Å²) in [6, 6.07) is 8.37. The molecule has 1 amide bonds. The molecule has 0 spiro atoms. The number of ether oxygens (including phenoxy) is 6. The van der Waals surface area contributed by atoms with E-state index in [1.807, 2.05) is 44.2 Å². The largest absolute Gasteiger partial charge is 0.480 e. The van der Waals surface area contributed by atoms with Gasteiger partial charge in [0.05, 0.1) is 13.2 Å². The highest BCUT2D eigenvalue weighted by Crippen LogP contribution is 2.43. The van der Waals surface area contributed by atoms with Crippen molar-refractivity contribution in [3.05, 3.63) is 35.9 Å². The molecule has 11 nitrogen and oxygen atoms in total. The molecule has 36 heavy (non-hydrogen) atoms. The van der Waals surface area contributed by atoms with E-state index in [4.69, 9.17) is 28.4 Å². The van der Waals surface area contributed by atoms with Crippen molar-refractivity contribution in [2.45, 2.75) is 88.8 Å². The van der Waals surface area contributed by atoms with E-state index in [2.05, 4.69) is 10.6 Å². The summed E-state index contributed by atoms with van der Waals surface area (Å²) >= 11 is 0. The Morgan fingerprint density at radius 3 is 2.56 bits per heavy atom. The van der Waals surface area contributed by atoms with Crippen molar-refractivity contribution in [3.63, 3.8) is 0 Å². The van der Waals surface area contributed by atoms with Crippen molar-refractivity contribution in [1.82, 2.24) is 10.6 Å². The summed E-state index contributed by atoms with van der Waals surface area (Å²) in [4.78, 5) is 24.1. The fourth-order valence-corrected chi connectivity index (χ4v) is 4.72. The molecule has 1 aromatic carbocycles. The monoisotopic (exact) mass is 508 g/mol. The Hall–Kier alpha value is -2.28. The number of rotatable bonds is 9. The van der Waals surface area contributed by atoms with Crippen LogP contribution in [-0.4, -0.2) is 78.6 Å². The molecule has 3 N–H and O–H groups in total. The fraction of sp³-hybridized carbons (Fsp3) is 0.680. The van der Waals surface area contributed by atoms with Crippen molar-refractivity contribution in [1.29, 1.82) is 0 Å². The van der Waals surface area contributed by atoms with Crippen LogP contribution in [0.25, 0.3) is 0 Å². The van der Waals surface area contributed by atoms with Crippen LogP contribution in [0, 0.1) is 0 Å². The molecule has 3 fully saturated rings. The van der Waals surface area contributed by atoms with Gasteiger partial charge in [-0.1, -0.05) is 30.3 Å². The highest BCUT2D eigenvalue weighted by molar-refractivity contribution is 5.73. The van der Waals surface area contributed by atoms with Crippen LogP contribution < -0.4 is 10.6 Å². The number of carbonyl (C=O) groups excluding carboxylic acids is 1. The molecule has 11 heteroatoms. The second-order valence-electron chi connectivity index (χ2n) is 10.2. The predicted octanol–water partition coefficient (Wildman–Crippen LogP) is 2.13. The van der Waals surface area contributed by atoms with Crippen molar-refractivity contribution < 1.29 is 43.1 Å². The summed E-state index contributed by atoms with van der Waals surface area (Å²) < 4.78 is 35.5. The zero-order valence-electron chi connectivity index (χ0n) is 21.2. The Labute approximate surface area is 210 Å². The molecule has 3 saturated heterocycles. The Balaban J connectivity index is 1.33. The lowest BCUT2D eigenvalue weighted by Gasteiger charge is -2.54. The highest BCUT2D eigenvalue weighted by atomic mass is 16.8. The summed E-state index contributed by atoms with van der Waals surface area (Å²) in [6.45, 7) is 7.92. The van der Waals surface area contributed by atoms with Gasteiger partial charge in [-0.15, -0.1) is 0 Å². The number of carboxylic acids is 1. The first-order valence-electron chi connectivity index (χ1n) is 12.3. The number of alkyl carbamates (subject to hydrolysis) is 1. The van der Waals surface area contributed by atoms with Gasteiger partial charge in [0.25, 0.3) is 0 Å². The van der Waals surface area contributed by atoms with E-state index in [-0.39, 0.29) is 38.9 Å². The Bertz CT molecular complexity index is 925. The Morgan fingerprint density at radius 1 is 1.08 bits per heavy atom. The van der Waals surface area contributed by atoms with Crippen LogP contribution in [0.15, 0.2) is 30.3 Å². The summed E-state index contributed by atoms with van der Waals surface area (Å²) in [6.07, 6.45) is -1.39. The molecule has 1 aromatic rings. The highest BCUT2D eigenvalue weighted by Gasteiger charge is 2.62. The maximum atomic E-state index is 12.1. The lowest BCUT2D eigenvalue weighted by molar-refractivity contribution is -0.379. The molecule has 0 unspecified atom stereocenters. The fourth-order valence-electron chi connectivity index (χ4n) is 4.72. The van der Waals surface area contributed by atoms with Crippen molar-refractivity contribution in [2.24, 2.45) is 0 Å². The minimum atomic E-state index is -1.23. The third-order valence-electron chi connectivity index (χ3n) is 6.40. The van der Waals surface area contributed by atoms with Gasteiger partial charge in [0.1, 0.15) is 31.0 Å². The van der Waals surface area contributed by atoms with Gasteiger partial charge < -0.3 is 38.8 Å². The van der Waals surface area contributed by atoms with Gasteiger partial charge in [0, 0.05) is 6.54 Å². The predicted molar refractivity (Wildman–Crippen MR) is 126 cm³/mol. The van der Waals surface area contributed by atoms with Crippen LogP contribution in [0.5, 0.6) is 0 Å². The van der Waals surface area contributed by atoms with E-state index in [0.717, 1.165) is 5.56 Å². The number of aliphatic carboxylic acids is 1. The standard InChI is InChI=1S/C25H36N2O9/c1-23(2)33-15-25(20(36-23)19-18(14-32-25)34-24(3,4)35-19)27-17(21(28)29)11-8-12-26-22(30)31-13-16-9-6-5-7-10-16/h5-7,9-10,17-20,27H,8,11-15H2,1-4H3,(H,26,30)(H,28,29)/t17-,18+,19+,20-,25+/m0/s1. The van der Waals surface area contributed by atoms with Crippen LogP contribution >= 0.6 is 0 Å². The summed E-state index contributed by atoms with van der Waals surface area (Å²) in [5, 5.41) is 15.7. The molecular formula is C25H36N2O9. The van der Waals surface area contributed by atoms with E-state index >= 15 is 0 Å². The van der Waals surface area contributed by atoms with Crippen molar-refractivity contribution >= 4 is 12.1 Å². The van der Waals surface area contributed by atoms with E-state index in [9.17, 15) is 14.7 Å². The van der Waals surface area contributed by atoms with Gasteiger partial charge in [-0.2, -0.15) is 0 Å². The molecule has 0 radical (unpaired) electrons. The molecule has 4 rings (SSSR count). The summed E-state index contributed by atoms with van der Waals surface area (Å²) in [7, 11) is 0. The number of fused-ring (bicyclic) bond motifs is 3. The van der Waals surface area contributed by atoms with E-state index in [1.54, 1.807) is 13.8 Å². The first kappa shape index (κ1) is 26.8. The molecular weight excluding hydrogens is 472 g/mol. The normalized spacial score (nSPS) is 31.1. The molecule has 0 aromatic heterocycles. The van der Waals surface area contributed by atoms with Gasteiger partial charge in [0.2, 0.25) is 0 Å². The van der Waals surface area contributed by atoms with Gasteiger partial charge in [-0.05, 0) is 46.1 Å². The molecule has 0 aliphatic carbocycles. The molecule has 3 aliphatic rings. The summed E-state index contributed by atoms with van der Waals surface area (Å²) in [5.41, 5.74) is -0.350. The minimum Gasteiger partial charge on any atom is -0.480 e. The second kappa shape index (κ2) is 10.6. The van der Waals surface area contributed by atoms with E-state index in [0.29, 0.717) is 6.42 Å². The number of benzene rings is 1. The molecule has 3 aliphatic heterocycles. The first-order valence-corrected chi connectivity index (χ1v) is 12.3. The first-order chi connectivity index (χ1) is 17.0. The molecule has 5 atom stereocenters. The number of carbonyl (C=O) groups is 2. The topological polar surface area (TPSA) is 134 Å². The van der Waals surface area contributed by atoms with Crippen molar-refractivity contribution in [2.75, 3.05) is 19.8 Å². The van der Waals surface area contributed by atoms with Crippen molar-refractivity contribution in [3.8, 4) is 0 Å². The minimum absolute atomic E-state index is 0.0749. The van der Waals surface area contributed by atoms with Crippen LogP contribution in [0.3, 0.4) is 0 Å². The van der Waals surface area contributed by atoms with Gasteiger partial charge >= 0.3 is 12.1 Å². The average molecular weight is 509 g/mol. The number of hydrogen-bond acceptors (Lipinski definition) is 9. The second-order valence-corrected chi connectivity index (χ2v) is 10.2. The van der Waals surface area contributed by atoms with Gasteiger partial charge in [-0.3, -0.25) is 10.1 Å². The third-order valence-corrected chi connectivity index (χ3v) is 6.40. The molecule has 3 heterocycles. The number of hydrogen-bond donors (Lipinski definition) is 3. The molecule has 200 valence electrons. The Kier molecular flexibility index (Phi) is 7.89. The van der Waals surface area contributed by atoms with E-state index in [1.165, 1.54) is 0 Å². The smallest absolute Gasteiger partial charge is 0.407 e. The van der Waals surface area contributed by atoms with Gasteiger partial charge in [-0.25, -0.2) is 4.79 Å². The van der Waals surface area contributed by atoms with Crippen LogP contribution in [0.4, 0.5) is 4.79 Å². The molecule has 0 bridgehead atoms. The van der Waals surface area contributed by atoms with Gasteiger partial charge in [0.15, 0.2) is 17.3 Å². The zero-order valence-corrected chi connectivity index (χ0v) is 21.2.